The smallest absolute Gasteiger partial charge is 0.244 e. The van der Waals surface area contributed by atoms with Crippen molar-refractivity contribution in [3.8, 4) is 0 Å². The Labute approximate surface area is 144 Å². The highest BCUT2D eigenvalue weighted by Gasteiger charge is 2.43. The first-order valence-electron chi connectivity index (χ1n) is 6.77. The minimum atomic E-state index is -3.73. The summed E-state index contributed by atoms with van der Waals surface area (Å²) in [6.07, 6.45) is 0.982. The molecular weight excluding hydrogens is 373 g/mol. The molecule has 0 atom stereocenters. The summed E-state index contributed by atoms with van der Waals surface area (Å²) in [5.74, 6) is -0.631. The van der Waals surface area contributed by atoms with Gasteiger partial charge in [0, 0.05) is 25.9 Å². The molecule has 2 heterocycles. The van der Waals surface area contributed by atoms with Crippen molar-refractivity contribution in [1.82, 2.24) is 4.31 Å². The topological polar surface area (TPSA) is 55.8 Å². The first-order valence-corrected chi connectivity index (χ1v) is 9.34. The first kappa shape index (κ1) is 16.8. The minimum absolute atomic E-state index is 0.0345. The lowest BCUT2D eigenvalue weighted by atomic mass is 10.1. The molecule has 2 fully saturated rings. The zero-order valence-corrected chi connectivity index (χ0v) is 14.6. The Morgan fingerprint density at radius 1 is 0.955 bits per heavy atom. The Morgan fingerprint density at radius 2 is 1.50 bits per heavy atom. The van der Waals surface area contributed by atoms with Crippen molar-refractivity contribution in [3.63, 3.8) is 0 Å². The molecule has 2 saturated heterocycles. The molecule has 0 radical (unpaired) electrons. The van der Waals surface area contributed by atoms with Crippen LogP contribution in [0.25, 0.3) is 0 Å². The predicted octanol–water partition coefficient (Wildman–Crippen LogP) is 3.17. The van der Waals surface area contributed by atoms with Gasteiger partial charge in [-0.1, -0.05) is 34.8 Å². The largest absolute Gasteiger partial charge is 0.347 e. The summed E-state index contributed by atoms with van der Waals surface area (Å²) in [6.45, 7) is 1.70. The van der Waals surface area contributed by atoms with Gasteiger partial charge < -0.3 is 9.47 Å². The molecule has 122 valence electrons. The Hall–Kier alpha value is -0.0800. The quantitative estimate of drug-likeness (QED) is 0.733. The van der Waals surface area contributed by atoms with E-state index in [1.165, 1.54) is 16.4 Å². The van der Waals surface area contributed by atoms with E-state index in [1.807, 2.05) is 0 Å². The highest BCUT2D eigenvalue weighted by molar-refractivity contribution is 7.89. The van der Waals surface area contributed by atoms with Gasteiger partial charge in [0.05, 0.1) is 28.3 Å². The number of sulfonamides is 1. The summed E-state index contributed by atoms with van der Waals surface area (Å²) in [7, 11) is -3.73. The molecular formula is C13H14Cl3NO4S. The third-order valence-electron chi connectivity index (χ3n) is 3.89. The number of piperidine rings is 1. The average Bonchev–Trinajstić information content (AvgIpc) is 2.91. The molecule has 0 aromatic heterocycles. The minimum Gasteiger partial charge on any atom is -0.347 e. The van der Waals surface area contributed by atoms with E-state index >= 15 is 0 Å². The fourth-order valence-electron chi connectivity index (χ4n) is 2.69. The van der Waals surface area contributed by atoms with E-state index in [9.17, 15) is 8.42 Å². The van der Waals surface area contributed by atoms with Gasteiger partial charge in [-0.15, -0.1) is 0 Å². The maximum absolute atomic E-state index is 12.7. The highest BCUT2D eigenvalue weighted by Crippen LogP contribution is 2.36. The van der Waals surface area contributed by atoms with Crippen LogP contribution in [0.15, 0.2) is 17.0 Å². The normalized spacial score (nSPS) is 22.3. The Morgan fingerprint density at radius 3 is 2.09 bits per heavy atom. The lowest BCUT2D eigenvalue weighted by Gasteiger charge is -2.36. The van der Waals surface area contributed by atoms with E-state index in [1.54, 1.807) is 0 Å². The molecule has 0 amide bonds. The summed E-state index contributed by atoms with van der Waals surface area (Å²) in [4.78, 5) is -0.0345. The van der Waals surface area contributed by atoms with Crippen LogP contribution >= 0.6 is 34.8 Å². The second kappa shape index (κ2) is 6.09. The maximum atomic E-state index is 12.7. The van der Waals surface area contributed by atoms with Crippen LogP contribution in [-0.2, 0) is 19.5 Å². The molecule has 2 aliphatic rings. The fourth-order valence-corrected chi connectivity index (χ4v) is 5.11. The second-order valence-corrected chi connectivity index (χ2v) is 8.34. The number of hydrogen-bond donors (Lipinski definition) is 0. The molecule has 0 saturated carbocycles. The zero-order chi connectivity index (χ0) is 16.0. The van der Waals surface area contributed by atoms with Gasteiger partial charge in [-0.25, -0.2) is 8.42 Å². The van der Waals surface area contributed by atoms with Crippen LogP contribution in [0.2, 0.25) is 15.1 Å². The SMILES string of the molecule is O=S(=O)(c1cc(Cl)c(Cl)cc1Cl)N1CCC2(CC1)OCCO2. The van der Waals surface area contributed by atoms with Gasteiger partial charge >= 0.3 is 0 Å². The first-order chi connectivity index (χ1) is 10.3. The molecule has 1 aromatic rings. The van der Waals surface area contributed by atoms with Crippen molar-refractivity contribution in [2.75, 3.05) is 26.3 Å². The summed E-state index contributed by atoms with van der Waals surface area (Å²) >= 11 is 17.8. The van der Waals surface area contributed by atoms with E-state index in [2.05, 4.69) is 0 Å². The predicted molar refractivity (Wildman–Crippen MR) is 84.1 cm³/mol. The van der Waals surface area contributed by atoms with Crippen LogP contribution in [0, 0.1) is 0 Å². The number of ether oxygens (including phenoxy) is 2. The number of benzene rings is 1. The highest BCUT2D eigenvalue weighted by atomic mass is 35.5. The molecule has 1 aromatic carbocycles. The lowest BCUT2D eigenvalue weighted by molar-refractivity contribution is -0.179. The van der Waals surface area contributed by atoms with Gasteiger partial charge in [0.2, 0.25) is 10.0 Å². The maximum Gasteiger partial charge on any atom is 0.244 e. The molecule has 22 heavy (non-hydrogen) atoms. The van der Waals surface area contributed by atoms with Crippen molar-refractivity contribution < 1.29 is 17.9 Å². The van der Waals surface area contributed by atoms with E-state index in [0.29, 0.717) is 39.1 Å². The Balaban J connectivity index is 1.84. The molecule has 2 aliphatic heterocycles. The molecule has 0 unspecified atom stereocenters. The standard InChI is InChI=1S/C13H14Cl3NO4S/c14-9-7-11(16)12(8-10(9)15)22(18,19)17-3-1-13(2-4-17)20-5-6-21-13/h7-8H,1-6H2. The van der Waals surface area contributed by atoms with Crippen molar-refractivity contribution >= 4 is 44.8 Å². The molecule has 0 bridgehead atoms. The van der Waals surface area contributed by atoms with Crippen molar-refractivity contribution in [2.24, 2.45) is 0 Å². The van der Waals surface area contributed by atoms with Crippen LogP contribution in [0.3, 0.4) is 0 Å². The Bertz CT molecular complexity index is 679. The summed E-state index contributed by atoms with van der Waals surface area (Å²) in [5.41, 5.74) is 0. The van der Waals surface area contributed by atoms with Gasteiger partial charge in [-0.05, 0) is 12.1 Å². The zero-order valence-electron chi connectivity index (χ0n) is 11.5. The van der Waals surface area contributed by atoms with E-state index < -0.39 is 15.8 Å². The van der Waals surface area contributed by atoms with E-state index in [4.69, 9.17) is 44.3 Å². The number of nitrogens with zero attached hydrogens (tertiary/aromatic N) is 1. The molecule has 1 spiro atoms. The average molecular weight is 387 g/mol. The molecule has 0 aliphatic carbocycles. The monoisotopic (exact) mass is 385 g/mol. The third kappa shape index (κ3) is 2.98. The van der Waals surface area contributed by atoms with Gasteiger partial charge in [0.15, 0.2) is 5.79 Å². The summed E-state index contributed by atoms with van der Waals surface area (Å²) < 4.78 is 38.0. The van der Waals surface area contributed by atoms with Gasteiger partial charge in [0.25, 0.3) is 0 Å². The van der Waals surface area contributed by atoms with Crippen LogP contribution in [0.4, 0.5) is 0 Å². The van der Waals surface area contributed by atoms with Crippen LogP contribution in [0.1, 0.15) is 12.8 Å². The van der Waals surface area contributed by atoms with Gasteiger partial charge in [0.1, 0.15) is 4.90 Å². The Kier molecular flexibility index (Phi) is 4.64. The third-order valence-corrected chi connectivity index (χ3v) is 6.98. The van der Waals surface area contributed by atoms with Crippen molar-refractivity contribution in [2.45, 2.75) is 23.5 Å². The second-order valence-electron chi connectivity index (χ2n) is 5.21. The van der Waals surface area contributed by atoms with Crippen LogP contribution in [-0.4, -0.2) is 44.8 Å². The van der Waals surface area contributed by atoms with Crippen LogP contribution in [0.5, 0.6) is 0 Å². The fraction of sp³-hybridized carbons (Fsp3) is 0.538. The number of halogens is 3. The van der Waals surface area contributed by atoms with Gasteiger partial charge in [-0.2, -0.15) is 4.31 Å². The van der Waals surface area contributed by atoms with E-state index in [-0.39, 0.29) is 20.0 Å². The molecule has 3 rings (SSSR count). The lowest BCUT2D eigenvalue weighted by Crippen LogP contribution is -2.47. The molecule has 5 nitrogen and oxygen atoms in total. The van der Waals surface area contributed by atoms with Crippen molar-refractivity contribution in [3.05, 3.63) is 27.2 Å². The molecule has 0 N–H and O–H groups in total. The van der Waals surface area contributed by atoms with E-state index in [0.717, 1.165) is 0 Å². The summed E-state index contributed by atoms with van der Waals surface area (Å²) in [5, 5.41) is 0.430. The number of hydrogen-bond acceptors (Lipinski definition) is 4. The summed E-state index contributed by atoms with van der Waals surface area (Å²) in [6, 6.07) is 2.63. The van der Waals surface area contributed by atoms with Crippen LogP contribution < -0.4 is 0 Å². The number of rotatable bonds is 2. The van der Waals surface area contributed by atoms with Crippen molar-refractivity contribution in [1.29, 1.82) is 0 Å². The molecule has 9 heteroatoms. The van der Waals surface area contributed by atoms with Gasteiger partial charge in [-0.3, -0.25) is 0 Å².